The molecule has 1 rings (SSSR count). The highest BCUT2D eigenvalue weighted by Gasteiger charge is 2.25. The second-order valence-electron chi connectivity index (χ2n) is 4.75. The Labute approximate surface area is 91.4 Å². The summed E-state index contributed by atoms with van der Waals surface area (Å²) in [6, 6.07) is 0. The molecule has 0 spiro atoms. The molecule has 0 atom stereocenters. The van der Waals surface area contributed by atoms with Gasteiger partial charge in [0, 0.05) is 18.0 Å². The van der Waals surface area contributed by atoms with Crippen LogP contribution in [0.25, 0.3) is 0 Å². The first kappa shape index (κ1) is 12.0. The lowest BCUT2D eigenvalue weighted by molar-refractivity contribution is 0.369. The van der Waals surface area contributed by atoms with Crippen LogP contribution < -0.4 is 10.5 Å². The van der Waals surface area contributed by atoms with Crippen LogP contribution in [-0.4, -0.2) is 23.4 Å². The summed E-state index contributed by atoms with van der Waals surface area (Å²) in [6.45, 7) is 7.06. The molecule has 0 unspecified atom stereocenters. The lowest BCUT2D eigenvalue weighted by Crippen LogP contribution is -2.16. The molecule has 1 heterocycles. The van der Waals surface area contributed by atoms with Crippen molar-refractivity contribution in [2.45, 2.75) is 32.6 Å². The van der Waals surface area contributed by atoms with Gasteiger partial charge in [-0.25, -0.2) is 4.68 Å². The van der Waals surface area contributed by atoms with Gasteiger partial charge in [-0.05, 0) is 13.0 Å². The first-order chi connectivity index (χ1) is 6.91. The molecule has 4 heteroatoms. The van der Waals surface area contributed by atoms with Crippen LogP contribution >= 0.6 is 0 Å². The zero-order chi connectivity index (χ0) is 11.6. The second-order valence-corrected chi connectivity index (χ2v) is 4.75. The van der Waals surface area contributed by atoms with Gasteiger partial charge in [0.05, 0.1) is 12.8 Å². The average Bonchev–Trinajstić information content (AvgIpc) is 2.42. The first-order valence-corrected chi connectivity index (χ1v) is 5.22. The van der Waals surface area contributed by atoms with Gasteiger partial charge in [-0.15, -0.1) is 0 Å². The fourth-order valence-electron chi connectivity index (χ4n) is 1.78. The molecule has 0 aliphatic rings. The van der Waals surface area contributed by atoms with E-state index in [2.05, 4.69) is 25.9 Å². The Morgan fingerprint density at radius 2 is 2.00 bits per heavy atom. The normalized spacial score (nSPS) is 11.9. The minimum atomic E-state index is 0.0268. The molecule has 0 radical (unpaired) electrons. The topological polar surface area (TPSA) is 53.1 Å². The Kier molecular flexibility index (Phi) is 3.39. The minimum Gasteiger partial charge on any atom is -0.481 e. The summed E-state index contributed by atoms with van der Waals surface area (Å²) in [6.07, 6.45) is 0.809. The molecule has 0 bridgehead atoms. The highest BCUT2D eigenvalue weighted by Crippen LogP contribution is 2.30. The maximum atomic E-state index is 5.61. The van der Waals surface area contributed by atoms with Crippen LogP contribution in [0.5, 0.6) is 5.88 Å². The SMILES string of the molecule is COc1c(CCN)c(C(C)(C)C)nn1C. The molecular formula is C11H21N3O. The highest BCUT2D eigenvalue weighted by atomic mass is 16.5. The monoisotopic (exact) mass is 211 g/mol. The number of hydrogen-bond donors (Lipinski definition) is 1. The van der Waals surface area contributed by atoms with E-state index in [4.69, 9.17) is 10.5 Å². The minimum absolute atomic E-state index is 0.0268. The predicted octanol–water partition coefficient (Wildman–Crippen LogP) is 1.23. The summed E-state index contributed by atoms with van der Waals surface area (Å²) in [7, 11) is 3.57. The second kappa shape index (κ2) is 4.23. The van der Waals surface area contributed by atoms with Crippen LogP contribution in [0, 0.1) is 0 Å². The number of aryl methyl sites for hydroxylation is 1. The van der Waals surface area contributed by atoms with Crippen molar-refractivity contribution in [2.75, 3.05) is 13.7 Å². The highest BCUT2D eigenvalue weighted by molar-refractivity contribution is 5.35. The van der Waals surface area contributed by atoms with Crippen molar-refractivity contribution in [1.82, 2.24) is 9.78 Å². The standard InChI is InChI=1S/C11H21N3O/c1-11(2,3)9-8(6-7-12)10(15-5)14(4)13-9/h6-7,12H2,1-5H3. The summed E-state index contributed by atoms with van der Waals surface area (Å²) >= 11 is 0. The molecule has 0 saturated carbocycles. The first-order valence-electron chi connectivity index (χ1n) is 5.22. The van der Waals surface area contributed by atoms with E-state index in [1.54, 1.807) is 11.8 Å². The fourth-order valence-corrected chi connectivity index (χ4v) is 1.78. The summed E-state index contributed by atoms with van der Waals surface area (Å²) < 4.78 is 7.13. The van der Waals surface area contributed by atoms with Crippen LogP contribution in [0.3, 0.4) is 0 Å². The van der Waals surface area contributed by atoms with Gasteiger partial charge < -0.3 is 10.5 Å². The quantitative estimate of drug-likeness (QED) is 0.818. The van der Waals surface area contributed by atoms with Gasteiger partial charge >= 0.3 is 0 Å². The summed E-state index contributed by atoms with van der Waals surface area (Å²) in [4.78, 5) is 0. The zero-order valence-electron chi connectivity index (χ0n) is 10.3. The van der Waals surface area contributed by atoms with Crippen LogP contribution in [0.1, 0.15) is 32.0 Å². The third kappa shape index (κ3) is 2.31. The van der Waals surface area contributed by atoms with E-state index >= 15 is 0 Å². The largest absolute Gasteiger partial charge is 0.481 e. The third-order valence-corrected chi connectivity index (χ3v) is 2.39. The van der Waals surface area contributed by atoms with Gasteiger partial charge in [0.25, 0.3) is 0 Å². The van der Waals surface area contributed by atoms with Gasteiger partial charge in [0.1, 0.15) is 0 Å². The Morgan fingerprint density at radius 1 is 1.40 bits per heavy atom. The van der Waals surface area contributed by atoms with Gasteiger partial charge in [-0.3, -0.25) is 0 Å². The molecule has 0 saturated heterocycles. The number of hydrogen-bond acceptors (Lipinski definition) is 3. The zero-order valence-corrected chi connectivity index (χ0v) is 10.3. The van der Waals surface area contributed by atoms with Gasteiger partial charge in [0.2, 0.25) is 5.88 Å². The molecule has 0 aliphatic carbocycles. The summed E-state index contributed by atoms with van der Waals surface area (Å²) in [5.74, 6) is 0.824. The van der Waals surface area contributed by atoms with E-state index in [1.165, 1.54) is 0 Å². The smallest absolute Gasteiger partial charge is 0.214 e. The molecule has 0 aliphatic heterocycles. The van der Waals surface area contributed by atoms with Gasteiger partial charge in [-0.2, -0.15) is 5.10 Å². The number of rotatable bonds is 3. The van der Waals surface area contributed by atoms with Crippen molar-refractivity contribution in [3.63, 3.8) is 0 Å². The van der Waals surface area contributed by atoms with Crippen LogP contribution in [0.4, 0.5) is 0 Å². The number of methoxy groups -OCH3 is 1. The Bertz CT molecular complexity index is 336. The lowest BCUT2D eigenvalue weighted by Gasteiger charge is -2.17. The average molecular weight is 211 g/mol. The van der Waals surface area contributed by atoms with Crippen molar-refractivity contribution in [3.05, 3.63) is 11.3 Å². The number of nitrogens with zero attached hydrogens (tertiary/aromatic N) is 2. The predicted molar refractivity (Wildman–Crippen MR) is 61.2 cm³/mol. The molecule has 1 aromatic heterocycles. The molecule has 2 N–H and O–H groups in total. The van der Waals surface area contributed by atoms with E-state index in [1.807, 2.05) is 7.05 Å². The maximum absolute atomic E-state index is 5.61. The van der Waals surface area contributed by atoms with E-state index in [9.17, 15) is 0 Å². The number of ether oxygens (including phenoxy) is 1. The van der Waals surface area contributed by atoms with Crippen molar-refractivity contribution < 1.29 is 4.74 Å². The Hall–Kier alpha value is -1.03. The van der Waals surface area contributed by atoms with Crippen molar-refractivity contribution in [2.24, 2.45) is 12.8 Å². The van der Waals surface area contributed by atoms with Gasteiger partial charge in [-0.1, -0.05) is 20.8 Å². The molecule has 1 aromatic rings. The van der Waals surface area contributed by atoms with Crippen molar-refractivity contribution >= 4 is 0 Å². The molecule has 86 valence electrons. The van der Waals surface area contributed by atoms with Crippen molar-refractivity contribution in [3.8, 4) is 5.88 Å². The Balaban J connectivity index is 3.27. The Morgan fingerprint density at radius 3 is 2.40 bits per heavy atom. The van der Waals surface area contributed by atoms with Crippen LogP contribution in [-0.2, 0) is 18.9 Å². The molecule has 0 aromatic carbocycles. The van der Waals surface area contributed by atoms with E-state index in [0.717, 1.165) is 23.6 Å². The van der Waals surface area contributed by atoms with E-state index in [0.29, 0.717) is 6.54 Å². The summed E-state index contributed by atoms with van der Waals surface area (Å²) in [5.41, 5.74) is 7.85. The van der Waals surface area contributed by atoms with Crippen LogP contribution in [0.15, 0.2) is 0 Å². The lowest BCUT2D eigenvalue weighted by atomic mass is 9.88. The van der Waals surface area contributed by atoms with Gasteiger partial charge in [0.15, 0.2) is 0 Å². The third-order valence-electron chi connectivity index (χ3n) is 2.39. The fraction of sp³-hybridized carbons (Fsp3) is 0.727. The van der Waals surface area contributed by atoms with Crippen LogP contribution in [0.2, 0.25) is 0 Å². The molecular weight excluding hydrogens is 190 g/mol. The number of nitrogens with two attached hydrogens (primary N) is 1. The molecule has 15 heavy (non-hydrogen) atoms. The molecule has 4 nitrogen and oxygen atoms in total. The maximum Gasteiger partial charge on any atom is 0.214 e. The van der Waals surface area contributed by atoms with Crippen molar-refractivity contribution in [1.29, 1.82) is 0 Å². The van der Waals surface area contributed by atoms with E-state index in [-0.39, 0.29) is 5.41 Å². The molecule has 0 amide bonds. The number of aromatic nitrogens is 2. The summed E-state index contributed by atoms with van der Waals surface area (Å²) in [5, 5.41) is 4.51. The molecule has 0 fully saturated rings. The van der Waals surface area contributed by atoms with E-state index < -0.39 is 0 Å².